The summed E-state index contributed by atoms with van der Waals surface area (Å²) in [4.78, 5) is 19.1. The van der Waals surface area contributed by atoms with Crippen molar-refractivity contribution in [2.75, 3.05) is 11.9 Å². The van der Waals surface area contributed by atoms with Crippen LogP contribution in [-0.4, -0.2) is 33.1 Å². The van der Waals surface area contributed by atoms with Crippen LogP contribution in [0, 0.1) is 6.92 Å². The number of nitrogens with one attached hydrogen (secondary N) is 1. The van der Waals surface area contributed by atoms with E-state index in [0.717, 1.165) is 42.1 Å². The van der Waals surface area contributed by atoms with Crippen LogP contribution in [0.3, 0.4) is 0 Å². The summed E-state index contributed by atoms with van der Waals surface area (Å²) in [7, 11) is 0. The van der Waals surface area contributed by atoms with Gasteiger partial charge in [0.15, 0.2) is 0 Å². The quantitative estimate of drug-likeness (QED) is 0.924. The Morgan fingerprint density at radius 2 is 2.12 bits per heavy atom. The van der Waals surface area contributed by atoms with E-state index in [1.807, 2.05) is 56.3 Å². The van der Waals surface area contributed by atoms with E-state index < -0.39 is 0 Å². The average molecular weight is 342 g/mol. The van der Waals surface area contributed by atoms with Gasteiger partial charge in [-0.1, -0.05) is 18.2 Å². The van der Waals surface area contributed by atoms with Crippen molar-refractivity contribution in [3.63, 3.8) is 0 Å². The molecule has 1 N–H and O–H groups in total. The van der Waals surface area contributed by atoms with E-state index in [4.69, 9.17) is 4.74 Å². The van der Waals surface area contributed by atoms with Crippen LogP contribution in [0.15, 0.2) is 30.6 Å². The van der Waals surface area contributed by atoms with Gasteiger partial charge in [-0.2, -0.15) is 0 Å². The molecule has 1 aliphatic heterocycles. The standard InChI is InChI=1S/C19H26N4O2/c1-14(2)25-12-17-18-11-22(9-6-10-23(18)13-20-17)19(24)21-16-8-5-4-7-15(16)3/h4-5,7-8,13-14H,6,9-12H2,1-3H3,(H,21,24). The van der Waals surface area contributed by atoms with E-state index in [2.05, 4.69) is 14.9 Å². The summed E-state index contributed by atoms with van der Waals surface area (Å²) in [5.74, 6) is 0. The number of imidazole rings is 1. The molecule has 1 aromatic heterocycles. The van der Waals surface area contributed by atoms with E-state index in [0.29, 0.717) is 13.2 Å². The van der Waals surface area contributed by atoms with Crippen LogP contribution in [0.4, 0.5) is 10.5 Å². The molecule has 0 saturated carbocycles. The Morgan fingerprint density at radius 3 is 2.88 bits per heavy atom. The summed E-state index contributed by atoms with van der Waals surface area (Å²) in [5, 5.41) is 3.03. The average Bonchev–Trinajstić information content (AvgIpc) is 2.83. The molecule has 0 spiro atoms. The molecule has 6 heteroatoms. The topological polar surface area (TPSA) is 59.4 Å². The van der Waals surface area contributed by atoms with Gasteiger partial charge in [0.05, 0.1) is 37.0 Å². The molecule has 2 aromatic rings. The summed E-state index contributed by atoms with van der Waals surface area (Å²) in [6, 6.07) is 7.75. The number of amides is 2. The number of carbonyl (C=O) groups excluding carboxylic acids is 1. The molecular weight excluding hydrogens is 316 g/mol. The van der Waals surface area contributed by atoms with E-state index in [1.165, 1.54) is 0 Å². The monoisotopic (exact) mass is 342 g/mol. The Balaban J connectivity index is 1.73. The zero-order valence-corrected chi connectivity index (χ0v) is 15.2. The first-order valence-corrected chi connectivity index (χ1v) is 8.80. The largest absolute Gasteiger partial charge is 0.372 e. The van der Waals surface area contributed by atoms with Gasteiger partial charge < -0.3 is 19.5 Å². The van der Waals surface area contributed by atoms with Crippen molar-refractivity contribution in [2.45, 2.75) is 53.0 Å². The maximum absolute atomic E-state index is 12.7. The maximum Gasteiger partial charge on any atom is 0.322 e. The van der Waals surface area contributed by atoms with E-state index >= 15 is 0 Å². The van der Waals surface area contributed by atoms with Gasteiger partial charge in [-0.15, -0.1) is 0 Å². The molecule has 0 bridgehead atoms. The third kappa shape index (κ3) is 4.20. The number of hydrogen-bond donors (Lipinski definition) is 1. The lowest BCUT2D eigenvalue weighted by Gasteiger charge is -2.22. The number of aryl methyl sites for hydroxylation is 2. The predicted octanol–water partition coefficient (Wildman–Crippen LogP) is 3.55. The van der Waals surface area contributed by atoms with E-state index in [1.54, 1.807) is 0 Å². The van der Waals surface area contributed by atoms with Crippen LogP contribution >= 0.6 is 0 Å². The minimum atomic E-state index is -0.0697. The molecule has 0 radical (unpaired) electrons. The minimum Gasteiger partial charge on any atom is -0.372 e. The van der Waals surface area contributed by atoms with Crippen LogP contribution in [0.5, 0.6) is 0 Å². The lowest BCUT2D eigenvalue weighted by atomic mass is 10.2. The lowest BCUT2D eigenvalue weighted by molar-refractivity contribution is 0.0630. The second-order valence-corrected chi connectivity index (χ2v) is 6.71. The van der Waals surface area contributed by atoms with Crippen LogP contribution in [0.2, 0.25) is 0 Å². The molecule has 0 unspecified atom stereocenters. The third-order valence-electron chi connectivity index (χ3n) is 4.43. The summed E-state index contributed by atoms with van der Waals surface area (Å²) in [6.45, 7) is 8.64. The van der Waals surface area contributed by atoms with Gasteiger partial charge in [-0.05, 0) is 38.8 Å². The number of carbonyl (C=O) groups is 1. The van der Waals surface area contributed by atoms with Gasteiger partial charge in [0.1, 0.15) is 0 Å². The number of anilines is 1. The Hall–Kier alpha value is -2.34. The predicted molar refractivity (Wildman–Crippen MR) is 97.4 cm³/mol. The zero-order valence-electron chi connectivity index (χ0n) is 15.2. The highest BCUT2D eigenvalue weighted by molar-refractivity contribution is 5.90. The smallest absolute Gasteiger partial charge is 0.322 e. The fourth-order valence-electron chi connectivity index (χ4n) is 2.96. The highest BCUT2D eigenvalue weighted by Crippen LogP contribution is 2.19. The fourth-order valence-corrected chi connectivity index (χ4v) is 2.96. The van der Waals surface area contributed by atoms with Crippen molar-refractivity contribution in [2.24, 2.45) is 0 Å². The molecule has 3 rings (SSSR count). The van der Waals surface area contributed by atoms with Crippen molar-refractivity contribution in [3.8, 4) is 0 Å². The first-order valence-electron chi connectivity index (χ1n) is 8.80. The van der Waals surface area contributed by atoms with Crippen molar-refractivity contribution >= 4 is 11.7 Å². The molecule has 2 heterocycles. The Morgan fingerprint density at radius 1 is 1.32 bits per heavy atom. The first kappa shape index (κ1) is 17.5. The van der Waals surface area contributed by atoms with E-state index in [9.17, 15) is 4.79 Å². The van der Waals surface area contributed by atoms with Gasteiger partial charge >= 0.3 is 6.03 Å². The number of para-hydroxylation sites is 1. The Bertz CT molecular complexity index is 739. The zero-order chi connectivity index (χ0) is 17.8. The summed E-state index contributed by atoms with van der Waals surface area (Å²) >= 11 is 0. The summed E-state index contributed by atoms with van der Waals surface area (Å²) in [6.07, 6.45) is 2.93. The summed E-state index contributed by atoms with van der Waals surface area (Å²) in [5.41, 5.74) is 3.90. The highest BCUT2D eigenvalue weighted by atomic mass is 16.5. The second-order valence-electron chi connectivity index (χ2n) is 6.71. The number of benzene rings is 1. The van der Waals surface area contributed by atoms with Gasteiger partial charge in [-0.3, -0.25) is 0 Å². The molecule has 0 atom stereocenters. The van der Waals surface area contributed by atoms with Gasteiger partial charge in [-0.25, -0.2) is 9.78 Å². The SMILES string of the molecule is Cc1ccccc1NC(=O)N1CCCn2cnc(COC(C)C)c2C1. The van der Waals surface area contributed by atoms with Gasteiger partial charge in [0, 0.05) is 18.8 Å². The number of ether oxygens (including phenoxy) is 1. The molecule has 1 aromatic carbocycles. The van der Waals surface area contributed by atoms with Crippen molar-refractivity contribution in [1.82, 2.24) is 14.5 Å². The van der Waals surface area contributed by atoms with Crippen LogP contribution in [0.25, 0.3) is 0 Å². The molecule has 0 aliphatic carbocycles. The molecule has 2 amide bonds. The minimum absolute atomic E-state index is 0.0697. The molecule has 0 saturated heterocycles. The number of hydrogen-bond acceptors (Lipinski definition) is 3. The van der Waals surface area contributed by atoms with Crippen LogP contribution < -0.4 is 5.32 Å². The summed E-state index contributed by atoms with van der Waals surface area (Å²) < 4.78 is 7.84. The van der Waals surface area contributed by atoms with Gasteiger partial charge in [0.25, 0.3) is 0 Å². The normalized spacial score (nSPS) is 14.3. The first-order chi connectivity index (χ1) is 12.0. The number of aromatic nitrogens is 2. The second kappa shape index (κ2) is 7.70. The number of nitrogens with zero attached hydrogens (tertiary/aromatic N) is 3. The van der Waals surface area contributed by atoms with Crippen molar-refractivity contribution in [3.05, 3.63) is 47.5 Å². The third-order valence-corrected chi connectivity index (χ3v) is 4.43. The molecule has 6 nitrogen and oxygen atoms in total. The molecule has 1 aliphatic rings. The molecular formula is C19H26N4O2. The number of urea groups is 1. The highest BCUT2D eigenvalue weighted by Gasteiger charge is 2.22. The van der Waals surface area contributed by atoms with Gasteiger partial charge in [0.2, 0.25) is 0 Å². The Labute approximate surface area is 148 Å². The van der Waals surface area contributed by atoms with Crippen LogP contribution in [-0.2, 0) is 24.4 Å². The maximum atomic E-state index is 12.7. The van der Waals surface area contributed by atoms with Crippen molar-refractivity contribution < 1.29 is 9.53 Å². The molecule has 25 heavy (non-hydrogen) atoms. The Kier molecular flexibility index (Phi) is 5.38. The van der Waals surface area contributed by atoms with Crippen LogP contribution in [0.1, 0.15) is 37.2 Å². The number of rotatable bonds is 4. The lowest BCUT2D eigenvalue weighted by Crippen LogP contribution is -2.35. The molecule has 134 valence electrons. The fraction of sp³-hybridized carbons (Fsp3) is 0.474. The van der Waals surface area contributed by atoms with Crippen molar-refractivity contribution in [1.29, 1.82) is 0 Å². The van der Waals surface area contributed by atoms with E-state index in [-0.39, 0.29) is 12.1 Å². The number of fused-ring (bicyclic) bond motifs is 1. The molecule has 0 fully saturated rings.